The number of carbonyl (C=O) groups is 1. The molecule has 0 saturated carbocycles. The zero-order valence-corrected chi connectivity index (χ0v) is 8.54. The van der Waals surface area contributed by atoms with Gasteiger partial charge in [0.1, 0.15) is 5.75 Å². The number of Topliss-reactive ketones (excluding diaryl/α,β-unsaturated/α-hetero) is 1. The zero-order chi connectivity index (χ0) is 10.1. The summed E-state index contributed by atoms with van der Waals surface area (Å²) in [6, 6.07) is 5.82. The van der Waals surface area contributed by atoms with E-state index in [-0.39, 0.29) is 5.78 Å². The monoisotopic (exact) mass is 190 g/mol. The quantitative estimate of drug-likeness (QED) is 0.716. The van der Waals surface area contributed by atoms with Crippen molar-refractivity contribution < 1.29 is 9.53 Å². The van der Waals surface area contributed by atoms with E-state index >= 15 is 0 Å². The van der Waals surface area contributed by atoms with E-state index in [0.29, 0.717) is 18.9 Å². The molecular weight excluding hydrogens is 176 g/mol. The van der Waals surface area contributed by atoms with Crippen molar-refractivity contribution in [1.82, 2.24) is 0 Å². The lowest BCUT2D eigenvalue weighted by molar-refractivity contribution is 0.0990. The molecule has 1 aromatic carbocycles. The van der Waals surface area contributed by atoms with Crippen molar-refractivity contribution in [3.8, 4) is 5.75 Å². The molecule has 1 aromatic rings. The molecule has 0 aromatic heterocycles. The largest absolute Gasteiger partial charge is 0.494 e. The highest BCUT2D eigenvalue weighted by molar-refractivity contribution is 6.01. The lowest BCUT2D eigenvalue weighted by Crippen LogP contribution is -1.95. The van der Waals surface area contributed by atoms with Crippen LogP contribution in [0.15, 0.2) is 18.2 Å². The molecule has 14 heavy (non-hydrogen) atoms. The fourth-order valence-corrected chi connectivity index (χ4v) is 1.96. The van der Waals surface area contributed by atoms with Crippen LogP contribution in [-0.4, -0.2) is 12.4 Å². The van der Waals surface area contributed by atoms with Gasteiger partial charge in [-0.1, -0.05) is 13.0 Å². The summed E-state index contributed by atoms with van der Waals surface area (Å²) < 4.78 is 5.36. The highest BCUT2D eigenvalue weighted by atomic mass is 16.5. The molecule has 0 spiro atoms. The van der Waals surface area contributed by atoms with Crippen LogP contribution < -0.4 is 4.74 Å². The molecule has 0 aliphatic heterocycles. The summed E-state index contributed by atoms with van der Waals surface area (Å²) in [5.41, 5.74) is 2.02. The third-order valence-corrected chi connectivity index (χ3v) is 2.66. The summed E-state index contributed by atoms with van der Waals surface area (Å²) in [7, 11) is 0. The summed E-state index contributed by atoms with van der Waals surface area (Å²) in [6.07, 6.45) is 0.644. The van der Waals surface area contributed by atoms with Crippen molar-refractivity contribution in [2.75, 3.05) is 6.61 Å². The Bertz CT molecular complexity index is 369. The van der Waals surface area contributed by atoms with Gasteiger partial charge < -0.3 is 4.74 Å². The minimum absolute atomic E-state index is 0.244. The molecule has 2 rings (SSSR count). The fraction of sp³-hybridized carbons (Fsp3) is 0.417. The van der Waals surface area contributed by atoms with Crippen LogP contribution in [0, 0.1) is 0 Å². The molecule has 0 N–H and O–H groups in total. The molecule has 1 aliphatic carbocycles. The lowest BCUT2D eigenvalue weighted by atomic mass is 10.0. The van der Waals surface area contributed by atoms with Crippen LogP contribution in [-0.2, 0) is 0 Å². The van der Waals surface area contributed by atoms with E-state index in [1.165, 1.54) is 5.56 Å². The van der Waals surface area contributed by atoms with Gasteiger partial charge in [0.15, 0.2) is 5.78 Å². The van der Waals surface area contributed by atoms with Crippen LogP contribution in [0.4, 0.5) is 0 Å². The predicted octanol–water partition coefficient (Wildman–Crippen LogP) is 2.78. The Hall–Kier alpha value is -1.31. The van der Waals surface area contributed by atoms with E-state index in [4.69, 9.17) is 4.74 Å². The molecule has 0 heterocycles. The molecule has 1 aliphatic rings. The van der Waals surface area contributed by atoms with Crippen LogP contribution in [0.3, 0.4) is 0 Å². The topological polar surface area (TPSA) is 26.3 Å². The third kappa shape index (κ3) is 1.41. The standard InChI is InChI=1S/C12H14O2/c1-3-14-9-4-5-10-8(2)6-12(13)11(10)7-9/h4-5,7-8H,3,6H2,1-2H3. The normalized spacial score (nSPS) is 19.6. The average molecular weight is 190 g/mol. The van der Waals surface area contributed by atoms with Gasteiger partial charge in [0.25, 0.3) is 0 Å². The summed E-state index contributed by atoms with van der Waals surface area (Å²) in [4.78, 5) is 11.6. The second kappa shape index (κ2) is 3.45. The third-order valence-electron chi connectivity index (χ3n) is 2.66. The molecule has 74 valence electrons. The molecule has 2 nitrogen and oxygen atoms in total. The maximum atomic E-state index is 11.6. The minimum Gasteiger partial charge on any atom is -0.494 e. The number of rotatable bonds is 2. The van der Waals surface area contributed by atoms with Gasteiger partial charge in [-0.05, 0) is 30.5 Å². The van der Waals surface area contributed by atoms with Crippen molar-refractivity contribution in [2.45, 2.75) is 26.2 Å². The number of hydrogen-bond donors (Lipinski definition) is 0. The van der Waals surface area contributed by atoms with E-state index in [9.17, 15) is 4.79 Å². The number of benzene rings is 1. The highest BCUT2D eigenvalue weighted by Gasteiger charge is 2.26. The van der Waals surface area contributed by atoms with Gasteiger partial charge in [0.05, 0.1) is 6.61 Å². The van der Waals surface area contributed by atoms with Crippen LogP contribution >= 0.6 is 0 Å². The lowest BCUT2D eigenvalue weighted by Gasteiger charge is -2.06. The van der Waals surface area contributed by atoms with Gasteiger partial charge in [-0.15, -0.1) is 0 Å². The van der Waals surface area contributed by atoms with Gasteiger partial charge >= 0.3 is 0 Å². The van der Waals surface area contributed by atoms with E-state index in [2.05, 4.69) is 6.92 Å². The first kappa shape index (κ1) is 9.25. The van der Waals surface area contributed by atoms with E-state index in [0.717, 1.165) is 11.3 Å². The molecule has 0 bridgehead atoms. The van der Waals surface area contributed by atoms with Gasteiger partial charge in [-0.3, -0.25) is 4.79 Å². The first-order chi connectivity index (χ1) is 6.72. The summed E-state index contributed by atoms with van der Waals surface area (Å²) >= 11 is 0. The van der Waals surface area contributed by atoms with Crippen molar-refractivity contribution in [1.29, 1.82) is 0 Å². The van der Waals surface area contributed by atoms with Crippen LogP contribution in [0.1, 0.15) is 42.1 Å². The second-order valence-electron chi connectivity index (χ2n) is 3.71. The summed E-state index contributed by atoms with van der Waals surface area (Å²) in [5.74, 6) is 1.41. The molecule has 0 fully saturated rings. The number of ether oxygens (including phenoxy) is 1. The Morgan fingerprint density at radius 2 is 2.29 bits per heavy atom. The van der Waals surface area contributed by atoms with Gasteiger partial charge in [-0.25, -0.2) is 0 Å². The van der Waals surface area contributed by atoms with Gasteiger partial charge in [-0.2, -0.15) is 0 Å². The van der Waals surface area contributed by atoms with Crippen LogP contribution in [0.25, 0.3) is 0 Å². The Morgan fingerprint density at radius 1 is 1.50 bits per heavy atom. The van der Waals surface area contributed by atoms with Crippen molar-refractivity contribution in [3.05, 3.63) is 29.3 Å². The Morgan fingerprint density at radius 3 is 3.00 bits per heavy atom. The minimum atomic E-state index is 0.244. The first-order valence-electron chi connectivity index (χ1n) is 5.02. The molecular formula is C12H14O2. The maximum Gasteiger partial charge on any atom is 0.163 e. The van der Waals surface area contributed by atoms with Crippen molar-refractivity contribution >= 4 is 5.78 Å². The van der Waals surface area contributed by atoms with Gasteiger partial charge in [0, 0.05) is 12.0 Å². The highest BCUT2D eigenvalue weighted by Crippen LogP contribution is 2.34. The van der Waals surface area contributed by atoms with E-state index in [1.807, 2.05) is 25.1 Å². The van der Waals surface area contributed by atoms with Crippen molar-refractivity contribution in [2.24, 2.45) is 0 Å². The molecule has 1 atom stereocenters. The van der Waals surface area contributed by atoms with Crippen LogP contribution in [0.5, 0.6) is 5.75 Å². The second-order valence-corrected chi connectivity index (χ2v) is 3.71. The predicted molar refractivity (Wildman–Crippen MR) is 55.0 cm³/mol. The number of ketones is 1. The molecule has 0 amide bonds. The summed E-state index contributed by atoms with van der Waals surface area (Å²) in [5, 5.41) is 0. The first-order valence-corrected chi connectivity index (χ1v) is 5.02. The van der Waals surface area contributed by atoms with E-state index in [1.54, 1.807) is 0 Å². The zero-order valence-electron chi connectivity index (χ0n) is 8.54. The van der Waals surface area contributed by atoms with Crippen LogP contribution in [0.2, 0.25) is 0 Å². The van der Waals surface area contributed by atoms with E-state index < -0.39 is 0 Å². The van der Waals surface area contributed by atoms with Gasteiger partial charge in [0.2, 0.25) is 0 Å². The SMILES string of the molecule is CCOc1ccc2c(c1)C(=O)CC2C. The smallest absolute Gasteiger partial charge is 0.163 e. The number of carbonyl (C=O) groups excluding carboxylic acids is 1. The van der Waals surface area contributed by atoms with Crippen molar-refractivity contribution in [3.63, 3.8) is 0 Å². The molecule has 1 unspecified atom stereocenters. The Kier molecular flexibility index (Phi) is 2.28. The maximum absolute atomic E-state index is 11.6. The number of hydrogen-bond acceptors (Lipinski definition) is 2. The Balaban J connectivity index is 2.39. The Labute approximate surface area is 83.9 Å². The average Bonchev–Trinajstić information content (AvgIpc) is 2.43. The molecule has 2 heteroatoms. The molecule has 0 saturated heterocycles. The summed E-state index contributed by atoms with van der Waals surface area (Å²) in [6.45, 7) is 4.67. The molecule has 0 radical (unpaired) electrons. The number of fused-ring (bicyclic) bond motifs is 1. The fourth-order valence-electron chi connectivity index (χ4n) is 1.96.